The average molecular weight is 469 g/mol. The topological polar surface area (TPSA) is 68.5 Å². The molecule has 1 aromatic heterocycles. The van der Waals surface area contributed by atoms with Crippen LogP contribution in [-0.2, 0) is 11.3 Å². The molecule has 30 heavy (non-hydrogen) atoms. The molecule has 9 heteroatoms. The van der Waals surface area contributed by atoms with E-state index in [9.17, 15) is 4.79 Å². The van der Waals surface area contributed by atoms with Crippen LogP contribution in [0.2, 0.25) is 15.1 Å². The summed E-state index contributed by atoms with van der Waals surface area (Å²) in [5.74, 6) is 0.674. The quantitative estimate of drug-likeness (QED) is 0.432. The van der Waals surface area contributed by atoms with Crippen molar-refractivity contribution in [2.45, 2.75) is 39.5 Å². The van der Waals surface area contributed by atoms with E-state index in [4.69, 9.17) is 44.0 Å². The molecule has 0 radical (unpaired) electrons. The van der Waals surface area contributed by atoms with E-state index >= 15 is 0 Å². The van der Waals surface area contributed by atoms with E-state index in [1.54, 1.807) is 42.2 Å². The SMILES string of the molecule is CC(Oc1cccc(Cl)c1Cl)C(=O)N(Cc1nnc(-c2ccccc2Cl)o1)C(C)C. The van der Waals surface area contributed by atoms with Crippen LogP contribution in [0.3, 0.4) is 0 Å². The molecule has 0 saturated heterocycles. The summed E-state index contributed by atoms with van der Waals surface area (Å²) >= 11 is 18.4. The zero-order chi connectivity index (χ0) is 21.8. The van der Waals surface area contributed by atoms with Crippen LogP contribution in [0.25, 0.3) is 11.5 Å². The number of rotatable bonds is 7. The Kier molecular flexibility index (Phi) is 7.23. The number of amides is 1. The first-order valence-electron chi connectivity index (χ1n) is 9.26. The van der Waals surface area contributed by atoms with Gasteiger partial charge in [-0.25, -0.2) is 0 Å². The molecule has 0 bridgehead atoms. The average Bonchev–Trinajstić information content (AvgIpc) is 3.17. The third kappa shape index (κ3) is 5.06. The Hall–Kier alpha value is -2.28. The van der Waals surface area contributed by atoms with Gasteiger partial charge in [-0.2, -0.15) is 0 Å². The summed E-state index contributed by atoms with van der Waals surface area (Å²) in [4.78, 5) is 14.6. The molecule has 1 unspecified atom stereocenters. The van der Waals surface area contributed by atoms with Crippen LogP contribution in [0, 0.1) is 0 Å². The third-order valence-electron chi connectivity index (χ3n) is 4.35. The molecule has 0 aliphatic heterocycles. The number of hydrogen-bond acceptors (Lipinski definition) is 5. The second-order valence-corrected chi connectivity index (χ2v) is 8.05. The molecule has 158 valence electrons. The normalized spacial score (nSPS) is 12.1. The van der Waals surface area contributed by atoms with Crippen molar-refractivity contribution in [3.8, 4) is 17.2 Å². The van der Waals surface area contributed by atoms with Crippen molar-refractivity contribution in [1.29, 1.82) is 0 Å². The molecule has 0 aliphatic carbocycles. The Balaban J connectivity index is 1.75. The molecule has 0 fully saturated rings. The highest BCUT2D eigenvalue weighted by atomic mass is 35.5. The van der Waals surface area contributed by atoms with Gasteiger partial charge in [-0.1, -0.05) is 53.0 Å². The molecule has 1 atom stereocenters. The fourth-order valence-corrected chi connectivity index (χ4v) is 3.32. The van der Waals surface area contributed by atoms with Crippen molar-refractivity contribution in [1.82, 2.24) is 15.1 Å². The predicted molar refractivity (Wildman–Crippen MR) is 117 cm³/mol. The first-order chi connectivity index (χ1) is 14.3. The maximum absolute atomic E-state index is 13.0. The predicted octanol–water partition coefficient (Wildman–Crippen LogP) is 5.90. The van der Waals surface area contributed by atoms with E-state index in [0.717, 1.165) is 0 Å². The van der Waals surface area contributed by atoms with E-state index < -0.39 is 6.10 Å². The molecule has 0 N–H and O–H groups in total. The number of halogens is 3. The van der Waals surface area contributed by atoms with E-state index in [1.165, 1.54) is 0 Å². The first kappa shape index (κ1) is 22.4. The fourth-order valence-electron chi connectivity index (χ4n) is 2.77. The minimum absolute atomic E-state index is 0.130. The van der Waals surface area contributed by atoms with Crippen molar-refractivity contribution in [3.63, 3.8) is 0 Å². The van der Waals surface area contributed by atoms with Crippen LogP contribution in [0.1, 0.15) is 26.7 Å². The number of nitrogens with zero attached hydrogens (tertiary/aromatic N) is 3. The highest BCUT2D eigenvalue weighted by molar-refractivity contribution is 6.42. The fraction of sp³-hybridized carbons (Fsp3) is 0.286. The standard InChI is InChI=1S/C21H20Cl3N3O3/c1-12(2)27(21(28)13(3)29-17-10-6-9-16(23)19(17)24)11-18-25-26-20(30-18)14-7-4-5-8-15(14)22/h4-10,12-13H,11H2,1-3H3. The van der Waals surface area contributed by atoms with Crippen molar-refractivity contribution >= 4 is 40.7 Å². The van der Waals surface area contributed by atoms with Crippen molar-refractivity contribution in [3.05, 3.63) is 63.4 Å². The lowest BCUT2D eigenvalue weighted by Crippen LogP contribution is -2.44. The second-order valence-electron chi connectivity index (χ2n) is 6.85. The van der Waals surface area contributed by atoms with E-state index in [1.807, 2.05) is 26.0 Å². The number of ether oxygens (including phenoxy) is 1. The summed E-state index contributed by atoms with van der Waals surface area (Å²) in [6.45, 7) is 5.56. The lowest BCUT2D eigenvalue weighted by atomic mass is 10.2. The number of benzene rings is 2. The number of carbonyl (C=O) groups excluding carboxylic acids is 1. The Morgan fingerprint density at radius 3 is 2.43 bits per heavy atom. The lowest BCUT2D eigenvalue weighted by molar-refractivity contribution is -0.140. The zero-order valence-electron chi connectivity index (χ0n) is 16.6. The number of carbonyl (C=O) groups is 1. The molecule has 6 nitrogen and oxygen atoms in total. The van der Waals surface area contributed by atoms with Gasteiger partial charge in [-0.3, -0.25) is 4.79 Å². The van der Waals surface area contributed by atoms with Crippen LogP contribution in [0.15, 0.2) is 46.9 Å². The first-order valence-corrected chi connectivity index (χ1v) is 10.4. The molecular weight excluding hydrogens is 449 g/mol. The molecule has 3 rings (SSSR count). The van der Waals surface area contributed by atoms with Crippen molar-refractivity contribution < 1.29 is 13.9 Å². The number of hydrogen-bond donors (Lipinski definition) is 0. The van der Waals surface area contributed by atoms with E-state index in [0.29, 0.717) is 33.1 Å². The Morgan fingerprint density at radius 2 is 1.73 bits per heavy atom. The summed E-state index contributed by atoms with van der Waals surface area (Å²) in [7, 11) is 0. The van der Waals surface area contributed by atoms with Gasteiger partial charge in [-0.05, 0) is 45.0 Å². The van der Waals surface area contributed by atoms with Crippen molar-refractivity contribution in [2.75, 3.05) is 0 Å². The highest BCUT2D eigenvalue weighted by Gasteiger charge is 2.27. The third-order valence-corrected chi connectivity index (χ3v) is 5.48. The molecule has 2 aromatic carbocycles. The van der Waals surface area contributed by atoms with Gasteiger partial charge in [-0.15, -0.1) is 10.2 Å². The monoisotopic (exact) mass is 467 g/mol. The van der Waals surface area contributed by atoms with Crippen LogP contribution in [0.4, 0.5) is 0 Å². The molecule has 3 aromatic rings. The Morgan fingerprint density at radius 1 is 1.03 bits per heavy atom. The summed E-state index contributed by atoms with van der Waals surface area (Å²) < 4.78 is 11.5. The summed E-state index contributed by atoms with van der Waals surface area (Å²) in [6, 6.07) is 12.1. The zero-order valence-corrected chi connectivity index (χ0v) is 18.9. The van der Waals surface area contributed by atoms with Gasteiger partial charge in [0.2, 0.25) is 11.8 Å². The van der Waals surface area contributed by atoms with Gasteiger partial charge in [0.05, 0.1) is 22.2 Å². The lowest BCUT2D eigenvalue weighted by Gasteiger charge is -2.28. The molecular formula is C21H20Cl3N3O3. The number of aromatic nitrogens is 2. The van der Waals surface area contributed by atoms with Gasteiger partial charge in [0, 0.05) is 6.04 Å². The summed E-state index contributed by atoms with van der Waals surface area (Å²) in [5, 5.41) is 9.23. The van der Waals surface area contributed by atoms with Gasteiger partial charge < -0.3 is 14.1 Å². The van der Waals surface area contributed by atoms with E-state index in [2.05, 4.69) is 10.2 Å². The molecule has 0 aliphatic rings. The van der Waals surface area contributed by atoms with Gasteiger partial charge >= 0.3 is 0 Å². The summed E-state index contributed by atoms with van der Waals surface area (Å²) in [6.07, 6.45) is -0.797. The van der Waals surface area contributed by atoms with Gasteiger partial charge in [0.25, 0.3) is 5.91 Å². The highest BCUT2D eigenvalue weighted by Crippen LogP contribution is 2.32. The minimum atomic E-state index is -0.797. The molecule has 1 heterocycles. The largest absolute Gasteiger partial charge is 0.479 e. The molecule has 1 amide bonds. The van der Waals surface area contributed by atoms with Crippen LogP contribution in [0.5, 0.6) is 5.75 Å². The van der Waals surface area contributed by atoms with Gasteiger partial charge in [0.15, 0.2) is 6.10 Å². The maximum atomic E-state index is 13.0. The maximum Gasteiger partial charge on any atom is 0.264 e. The van der Waals surface area contributed by atoms with Crippen molar-refractivity contribution in [2.24, 2.45) is 0 Å². The van der Waals surface area contributed by atoms with Crippen LogP contribution in [-0.4, -0.2) is 33.2 Å². The van der Waals surface area contributed by atoms with Crippen LogP contribution >= 0.6 is 34.8 Å². The minimum Gasteiger partial charge on any atom is -0.479 e. The smallest absolute Gasteiger partial charge is 0.264 e. The van der Waals surface area contributed by atoms with E-state index in [-0.39, 0.29) is 23.5 Å². The molecule has 0 saturated carbocycles. The second kappa shape index (κ2) is 9.69. The van der Waals surface area contributed by atoms with Gasteiger partial charge in [0.1, 0.15) is 10.8 Å². The Labute approximate surface area is 189 Å². The van der Waals surface area contributed by atoms with Crippen LogP contribution < -0.4 is 4.74 Å². The summed E-state index contributed by atoms with van der Waals surface area (Å²) in [5.41, 5.74) is 0.632. The molecule has 0 spiro atoms. The Bertz CT molecular complexity index is 1040.